The first kappa shape index (κ1) is 22.9. The van der Waals surface area contributed by atoms with Gasteiger partial charge >= 0.3 is 0 Å². The number of hydrogen-bond donors (Lipinski definition) is 0. The number of rotatable bonds is 5. The van der Waals surface area contributed by atoms with Crippen LogP contribution in [0.5, 0.6) is 5.75 Å². The molecule has 0 aliphatic carbocycles. The standard InChI is InChI=1S/C27H22BrClN3OP/c1-19-11-14-22(18-25(19)29)31-34(24-8-4-3-5-9-24,33-23-15-12-21(28)13-16-23)27-20(2)30-26-10-6-7-17-32(26)27/h3-18H,1-2H3. The Morgan fingerprint density at radius 3 is 2.38 bits per heavy atom. The molecule has 0 bridgehead atoms. The van der Waals surface area contributed by atoms with E-state index in [0.29, 0.717) is 5.02 Å². The van der Waals surface area contributed by atoms with Crippen LogP contribution in [0, 0.1) is 13.8 Å². The van der Waals surface area contributed by atoms with E-state index in [2.05, 4.69) is 32.5 Å². The van der Waals surface area contributed by atoms with Gasteiger partial charge in [0.2, 0.25) is 7.28 Å². The van der Waals surface area contributed by atoms with Crippen LogP contribution in [-0.2, 0) is 0 Å². The molecule has 1 unspecified atom stereocenters. The quantitative estimate of drug-likeness (QED) is 0.209. The van der Waals surface area contributed by atoms with Crippen LogP contribution >= 0.6 is 34.8 Å². The SMILES string of the molecule is Cc1ccc(N=P(Oc2ccc(Br)cc2)(c2ccccc2)c2c(C)nc3ccccn23)cc1Cl. The van der Waals surface area contributed by atoms with Gasteiger partial charge in [0.25, 0.3) is 0 Å². The van der Waals surface area contributed by atoms with Crippen LogP contribution in [0.25, 0.3) is 5.65 Å². The zero-order valence-corrected chi connectivity index (χ0v) is 21.9. The van der Waals surface area contributed by atoms with E-state index in [1.807, 2.05) is 98.9 Å². The number of aromatic nitrogens is 2. The van der Waals surface area contributed by atoms with Crippen LogP contribution in [0.2, 0.25) is 5.02 Å². The number of fused-ring (bicyclic) bond motifs is 1. The minimum absolute atomic E-state index is 0.672. The summed E-state index contributed by atoms with van der Waals surface area (Å²) in [5, 5.41) is 1.66. The van der Waals surface area contributed by atoms with Crippen molar-refractivity contribution in [2.24, 2.45) is 4.74 Å². The third-order valence-electron chi connectivity index (χ3n) is 5.53. The zero-order valence-electron chi connectivity index (χ0n) is 18.7. The number of pyridine rings is 1. The Balaban J connectivity index is 1.90. The van der Waals surface area contributed by atoms with Crippen molar-refractivity contribution in [2.75, 3.05) is 0 Å². The number of benzene rings is 3. The monoisotopic (exact) mass is 549 g/mol. The average Bonchev–Trinajstić information content (AvgIpc) is 3.19. The Morgan fingerprint density at radius 2 is 1.65 bits per heavy atom. The third kappa shape index (κ3) is 4.32. The molecular formula is C27H22BrClN3OP. The molecule has 4 nitrogen and oxygen atoms in total. The number of halogens is 2. The number of nitrogens with zero attached hydrogens (tertiary/aromatic N) is 3. The fourth-order valence-electron chi connectivity index (χ4n) is 3.89. The highest BCUT2D eigenvalue weighted by atomic mass is 79.9. The lowest BCUT2D eigenvalue weighted by atomic mass is 10.2. The molecule has 7 heteroatoms. The van der Waals surface area contributed by atoms with Gasteiger partial charge in [0.1, 0.15) is 16.8 Å². The summed E-state index contributed by atoms with van der Waals surface area (Å²) in [5.41, 5.74) is 4.43. The van der Waals surface area contributed by atoms with Gasteiger partial charge in [-0.15, -0.1) is 0 Å². The van der Waals surface area contributed by atoms with Crippen LogP contribution in [-0.4, -0.2) is 9.38 Å². The Kier molecular flexibility index (Phi) is 6.35. The summed E-state index contributed by atoms with van der Waals surface area (Å²) >= 11 is 10.0. The molecule has 0 saturated carbocycles. The second-order valence-electron chi connectivity index (χ2n) is 7.94. The molecule has 0 amide bonds. The van der Waals surface area contributed by atoms with Crippen molar-refractivity contribution in [3.05, 3.63) is 118 Å². The van der Waals surface area contributed by atoms with E-state index in [4.69, 9.17) is 25.9 Å². The summed E-state index contributed by atoms with van der Waals surface area (Å²) in [7, 11) is -2.88. The highest BCUT2D eigenvalue weighted by Gasteiger charge is 2.34. The molecule has 170 valence electrons. The van der Waals surface area contributed by atoms with Crippen molar-refractivity contribution in [1.29, 1.82) is 0 Å². The second-order valence-corrected chi connectivity index (χ2v) is 11.7. The van der Waals surface area contributed by atoms with E-state index in [0.717, 1.165) is 43.6 Å². The van der Waals surface area contributed by atoms with E-state index < -0.39 is 7.28 Å². The molecule has 0 fully saturated rings. The topological polar surface area (TPSA) is 38.9 Å². The molecule has 0 spiro atoms. The zero-order chi connectivity index (χ0) is 23.7. The Hall–Kier alpha value is -2.85. The predicted octanol–water partition coefficient (Wildman–Crippen LogP) is 7.84. The van der Waals surface area contributed by atoms with Crippen LogP contribution < -0.4 is 15.3 Å². The second kappa shape index (κ2) is 9.42. The van der Waals surface area contributed by atoms with Crippen molar-refractivity contribution >= 4 is 56.9 Å². The Labute approximate surface area is 212 Å². The van der Waals surface area contributed by atoms with Crippen molar-refractivity contribution in [3.63, 3.8) is 0 Å². The fraction of sp³-hybridized carbons (Fsp3) is 0.0741. The largest absolute Gasteiger partial charge is 0.450 e. The van der Waals surface area contributed by atoms with Gasteiger partial charge in [-0.05, 0) is 80.1 Å². The van der Waals surface area contributed by atoms with E-state index in [1.54, 1.807) is 0 Å². The Bertz CT molecular complexity index is 1530. The normalized spacial score (nSPS) is 12.9. The van der Waals surface area contributed by atoms with E-state index in [1.165, 1.54) is 0 Å². The summed E-state index contributed by atoms with van der Waals surface area (Å²) in [6.45, 7) is 4.00. The summed E-state index contributed by atoms with van der Waals surface area (Å²) < 4.78 is 15.4. The highest BCUT2D eigenvalue weighted by molar-refractivity contribution is 9.10. The van der Waals surface area contributed by atoms with Gasteiger partial charge in [-0.25, -0.2) is 9.73 Å². The van der Waals surface area contributed by atoms with Crippen molar-refractivity contribution in [1.82, 2.24) is 9.38 Å². The smallest absolute Gasteiger partial charge is 0.215 e. The first-order chi connectivity index (χ1) is 16.5. The molecule has 5 rings (SSSR count). The van der Waals surface area contributed by atoms with Crippen LogP contribution in [0.15, 0.2) is 106 Å². The van der Waals surface area contributed by atoms with Gasteiger partial charge in [0.05, 0.1) is 11.4 Å². The van der Waals surface area contributed by atoms with Crippen LogP contribution in [0.4, 0.5) is 5.69 Å². The molecule has 0 saturated heterocycles. The minimum Gasteiger partial charge on any atom is -0.450 e. The highest BCUT2D eigenvalue weighted by Crippen LogP contribution is 2.52. The number of hydrogen-bond acceptors (Lipinski definition) is 3. The lowest BCUT2D eigenvalue weighted by Gasteiger charge is -2.27. The van der Waals surface area contributed by atoms with E-state index in [9.17, 15) is 0 Å². The summed E-state index contributed by atoms with van der Waals surface area (Å²) in [5.74, 6) is 0.729. The summed E-state index contributed by atoms with van der Waals surface area (Å²) in [6.07, 6.45) is 2.02. The molecule has 1 atom stereocenters. The van der Waals surface area contributed by atoms with Crippen molar-refractivity contribution < 1.29 is 4.52 Å². The average molecular weight is 551 g/mol. The third-order valence-corrected chi connectivity index (χ3v) is 9.56. The van der Waals surface area contributed by atoms with Gasteiger partial charge in [-0.3, -0.25) is 4.40 Å². The molecule has 0 N–H and O–H groups in total. The lowest BCUT2D eigenvalue weighted by Crippen LogP contribution is -2.25. The molecule has 3 aromatic carbocycles. The van der Waals surface area contributed by atoms with Crippen LogP contribution in [0.1, 0.15) is 11.3 Å². The molecule has 5 aromatic rings. The predicted molar refractivity (Wildman–Crippen MR) is 146 cm³/mol. The molecule has 2 heterocycles. The fourth-order valence-corrected chi connectivity index (χ4v) is 7.42. The number of imidazole rings is 1. The van der Waals surface area contributed by atoms with Crippen molar-refractivity contribution in [3.8, 4) is 5.75 Å². The maximum absolute atomic E-state index is 6.97. The molecule has 2 aromatic heterocycles. The van der Waals surface area contributed by atoms with Crippen LogP contribution in [0.3, 0.4) is 0 Å². The molecule has 0 aliphatic heterocycles. The lowest BCUT2D eigenvalue weighted by molar-refractivity contribution is 0.619. The maximum Gasteiger partial charge on any atom is 0.215 e. The molecular weight excluding hydrogens is 529 g/mol. The van der Waals surface area contributed by atoms with Gasteiger partial charge < -0.3 is 4.52 Å². The molecule has 0 aliphatic rings. The van der Waals surface area contributed by atoms with Gasteiger partial charge in [0.15, 0.2) is 0 Å². The van der Waals surface area contributed by atoms with E-state index in [-0.39, 0.29) is 0 Å². The first-order valence-electron chi connectivity index (χ1n) is 10.8. The molecule has 0 radical (unpaired) electrons. The first-order valence-corrected chi connectivity index (χ1v) is 13.6. The van der Waals surface area contributed by atoms with Crippen molar-refractivity contribution in [2.45, 2.75) is 13.8 Å². The minimum atomic E-state index is -2.88. The Morgan fingerprint density at radius 1 is 0.912 bits per heavy atom. The van der Waals surface area contributed by atoms with Gasteiger partial charge in [0, 0.05) is 21.0 Å². The van der Waals surface area contributed by atoms with E-state index >= 15 is 0 Å². The maximum atomic E-state index is 6.97. The van der Waals surface area contributed by atoms with Gasteiger partial charge in [-0.2, -0.15) is 0 Å². The summed E-state index contributed by atoms with van der Waals surface area (Å²) in [6, 6.07) is 29.9. The van der Waals surface area contributed by atoms with Gasteiger partial charge in [-0.1, -0.05) is 57.9 Å². The summed E-state index contributed by atoms with van der Waals surface area (Å²) in [4.78, 5) is 4.85. The molecule has 34 heavy (non-hydrogen) atoms. The number of aryl methyl sites for hydroxylation is 2.